The molecule has 0 bridgehead atoms. The summed E-state index contributed by atoms with van der Waals surface area (Å²) in [4.78, 5) is 44.6. The lowest BCUT2D eigenvalue weighted by atomic mass is 10.2. The standard InChI is InChI=1S/C29H28ClN3O5S/c1-3-37-24-7-5-6-23(16-24)31-26(34)17-25-27(35)33(18-19-8-12-21(30)13-9-19)29(39-25)32-22-14-10-20(11-15-22)28(36)38-4-2/h5-16,25H,3-4,17-18H2,1-2H3,(H,31,34). The van der Waals surface area contributed by atoms with Gasteiger partial charge in [-0.15, -0.1) is 0 Å². The molecule has 1 saturated heterocycles. The van der Waals surface area contributed by atoms with E-state index in [2.05, 4.69) is 10.3 Å². The first-order chi connectivity index (χ1) is 18.9. The summed E-state index contributed by atoms with van der Waals surface area (Å²) < 4.78 is 10.5. The smallest absolute Gasteiger partial charge is 0.338 e. The number of hydrogen-bond donors (Lipinski definition) is 1. The van der Waals surface area contributed by atoms with Crippen LogP contribution in [0.5, 0.6) is 5.75 Å². The predicted octanol–water partition coefficient (Wildman–Crippen LogP) is 6.08. The molecule has 3 aromatic carbocycles. The molecule has 4 rings (SSSR count). The largest absolute Gasteiger partial charge is 0.494 e. The van der Waals surface area contributed by atoms with Crippen LogP contribution in [-0.4, -0.2) is 46.3 Å². The lowest BCUT2D eigenvalue weighted by molar-refractivity contribution is -0.128. The maximum Gasteiger partial charge on any atom is 0.338 e. The van der Waals surface area contributed by atoms with Crippen molar-refractivity contribution < 1.29 is 23.9 Å². The lowest BCUT2D eigenvalue weighted by Crippen LogP contribution is -2.33. The van der Waals surface area contributed by atoms with Crippen LogP contribution in [0.15, 0.2) is 77.8 Å². The first kappa shape index (κ1) is 28.2. The highest BCUT2D eigenvalue weighted by molar-refractivity contribution is 8.15. The fourth-order valence-corrected chi connectivity index (χ4v) is 5.13. The van der Waals surface area contributed by atoms with Crippen molar-refractivity contribution in [1.82, 2.24) is 4.90 Å². The molecule has 1 fully saturated rings. The molecule has 3 aromatic rings. The zero-order valence-corrected chi connectivity index (χ0v) is 23.1. The fourth-order valence-electron chi connectivity index (χ4n) is 3.85. The summed E-state index contributed by atoms with van der Waals surface area (Å²) in [7, 11) is 0. The summed E-state index contributed by atoms with van der Waals surface area (Å²) in [5.74, 6) is -0.264. The van der Waals surface area contributed by atoms with Gasteiger partial charge in [-0.1, -0.05) is 41.6 Å². The second kappa shape index (κ2) is 13.3. The summed E-state index contributed by atoms with van der Waals surface area (Å²) in [6.45, 7) is 4.71. The number of esters is 1. The van der Waals surface area contributed by atoms with Crippen molar-refractivity contribution in [2.75, 3.05) is 18.5 Å². The number of hydrogen-bond acceptors (Lipinski definition) is 7. The molecule has 0 spiro atoms. The first-order valence-electron chi connectivity index (χ1n) is 12.5. The van der Waals surface area contributed by atoms with Crippen LogP contribution < -0.4 is 10.1 Å². The molecule has 10 heteroatoms. The number of carbonyl (C=O) groups is 3. The highest BCUT2D eigenvalue weighted by atomic mass is 35.5. The first-order valence-corrected chi connectivity index (χ1v) is 13.7. The number of amidine groups is 1. The second-order valence-electron chi connectivity index (χ2n) is 8.53. The van der Waals surface area contributed by atoms with Gasteiger partial charge in [-0.25, -0.2) is 9.79 Å². The summed E-state index contributed by atoms with van der Waals surface area (Å²) in [6, 6.07) is 21.0. The van der Waals surface area contributed by atoms with Gasteiger partial charge in [0.2, 0.25) is 11.8 Å². The lowest BCUT2D eigenvalue weighted by Gasteiger charge is -2.17. The average molecular weight is 566 g/mol. The van der Waals surface area contributed by atoms with E-state index in [0.717, 1.165) is 5.56 Å². The second-order valence-corrected chi connectivity index (χ2v) is 10.1. The Hall–Kier alpha value is -3.82. The molecular formula is C29H28ClN3O5S. The van der Waals surface area contributed by atoms with E-state index in [1.54, 1.807) is 66.4 Å². The van der Waals surface area contributed by atoms with E-state index >= 15 is 0 Å². The van der Waals surface area contributed by atoms with Crippen LogP contribution >= 0.6 is 23.4 Å². The van der Waals surface area contributed by atoms with Crippen molar-refractivity contribution in [3.8, 4) is 5.75 Å². The number of aliphatic imine (C=N–C) groups is 1. The van der Waals surface area contributed by atoms with Crippen LogP contribution in [0.4, 0.5) is 11.4 Å². The number of nitrogens with one attached hydrogen (secondary N) is 1. The Kier molecular flexibility index (Phi) is 9.62. The molecule has 2 amide bonds. The van der Waals surface area contributed by atoms with Crippen molar-refractivity contribution in [1.29, 1.82) is 0 Å². The number of anilines is 1. The van der Waals surface area contributed by atoms with Crippen LogP contribution in [0.25, 0.3) is 0 Å². The van der Waals surface area contributed by atoms with Crippen LogP contribution in [0.1, 0.15) is 36.2 Å². The Morgan fingerprint density at radius 1 is 1.03 bits per heavy atom. The molecule has 39 heavy (non-hydrogen) atoms. The van der Waals surface area contributed by atoms with E-state index in [1.165, 1.54) is 11.8 Å². The molecule has 0 aliphatic carbocycles. The molecule has 0 aromatic heterocycles. The number of thioether (sulfide) groups is 1. The summed E-state index contributed by atoms with van der Waals surface area (Å²) in [5.41, 5.74) is 2.45. The van der Waals surface area contributed by atoms with Crippen molar-refractivity contribution in [3.63, 3.8) is 0 Å². The Labute approximate surface area is 236 Å². The number of carbonyl (C=O) groups excluding carboxylic acids is 3. The molecule has 1 aliphatic heterocycles. The van der Waals surface area contributed by atoms with Gasteiger partial charge >= 0.3 is 5.97 Å². The quantitative estimate of drug-likeness (QED) is 0.299. The van der Waals surface area contributed by atoms with E-state index in [9.17, 15) is 14.4 Å². The minimum Gasteiger partial charge on any atom is -0.494 e. The van der Waals surface area contributed by atoms with Crippen molar-refractivity contribution in [3.05, 3.63) is 88.9 Å². The number of benzene rings is 3. The summed E-state index contributed by atoms with van der Waals surface area (Å²) in [6.07, 6.45) is -0.0275. The van der Waals surface area contributed by atoms with E-state index in [4.69, 9.17) is 21.1 Å². The van der Waals surface area contributed by atoms with Crippen LogP contribution in [0.3, 0.4) is 0 Å². The molecule has 1 N–H and O–H groups in total. The third-order valence-corrected chi connectivity index (χ3v) is 7.10. The van der Waals surface area contributed by atoms with Crippen LogP contribution in [0, 0.1) is 0 Å². The Bertz CT molecular complexity index is 1360. The number of nitrogens with zero attached hydrogens (tertiary/aromatic N) is 2. The molecule has 1 aliphatic rings. The predicted molar refractivity (Wildman–Crippen MR) is 154 cm³/mol. The van der Waals surface area contributed by atoms with E-state index in [1.807, 2.05) is 25.1 Å². The number of rotatable bonds is 10. The Balaban J connectivity index is 1.53. The maximum atomic E-state index is 13.5. The molecule has 0 radical (unpaired) electrons. The summed E-state index contributed by atoms with van der Waals surface area (Å²) in [5, 5.41) is 3.27. The van der Waals surface area contributed by atoms with Gasteiger partial charge < -0.3 is 14.8 Å². The van der Waals surface area contributed by atoms with Gasteiger partial charge in [0.05, 0.1) is 31.0 Å². The van der Waals surface area contributed by atoms with Gasteiger partial charge in [-0.3, -0.25) is 14.5 Å². The zero-order valence-electron chi connectivity index (χ0n) is 21.6. The van der Waals surface area contributed by atoms with Gasteiger partial charge in [0.25, 0.3) is 0 Å². The number of amides is 2. The van der Waals surface area contributed by atoms with E-state index < -0.39 is 11.2 Å². The molecule has 8 nitrogen and oxygen atoms in total. The zero-order chi connectivity index (χ0) is 27.8. The number of ether oxygens (including phenoxy) is 2. The van der Waals surface area contributed by atoms with E-state index in [-0.39, 0.29) is 31.4 Å². The highest BCUT2D eigenvalue weighted by Crippen LogP contribution is 2.33. The monoisotopic (exact) mass is 565 g/mol. The molecule has 1 atom stereocenters. The SMILES string of the molecule is CCOC(=O)c1ccc(N=C2SC(CC(=O)Nc3cccc(OCC)c3)C(=O)N2Cc2ccc(Cl)cc2)cc1. The fraction of sp³-hybridized carbons (Fsp3) is 0.241. The third kappa shape index (κ3) is 7.61. The van der Waals surface area contributed by atoms with Gasteiger partial charge in [-0.05, 0) is 67.9 Å². The Morgan fingerprint density at radius 2 is 1.77 bits per heavy atom. The molecule has 1 heterocycles. The van der Waals surface area contributed by atoms with Gasteiger partial charge in [0, 0.05) is 23.2 Å². The van der Waals surface area contributed by atoms with Gasteiger partial charge in [-0.2, -0.15) is 0 Å². The van der Waals surface area contributed by atoms with Gasteiger partial charge in [0.1, 0.15) is 11.0 Å². The minimum absolute atomic E-state index is 0.0275. The van der Waals surface area contributed by atoms with Crippen LogP contribution in [0.2, 0.25) is 5.02 Å². The van der Waals surface area contributed by atoms with Crippen molar-refractivity contribution in [2.45, 2.75) is 32.1 Å². The minimum atomic E-state index is -0.648. The van der Waals surface area contributed by atoms with E-state index in [0.29, 0.717) is 39.5 Å². The van der Waals surface area contributed by atoms with Gasteiger partial charge in [0.15, 0.2) is 5.17 Å². The molecule has 0 saturated carbocycles. The summed E-state index contributed by atoms with van der Waals surface area (Å²) >= 11 is 7.26. The molecular weight excluding hydrogens is 538 g/mol. The third-order valence-electron chi connectivity index (χ3n) is 5.68. The normalized spacial score (nSPS) is 15.9. The molecule has 202 valence electrons. The molecule has 1 unspecified atom stereocenters. The highest BCUT2D eigenvalue weighted by Gasteiger charge is 2.39. The van der Waals surface area contributed by atoms with Crippen molar-refractivity contribution in [2.24, 2.45) is 4.99 Å². The average Bonchev–Trinajstić information content (AvgIpc) is 3.19. The van der Waals surface area contributed by atoms with Crippen molar-refractivity contribution >= 4 is 57.7 Å². The topological polar surface area (TPSA) is 97.3 Å². The van der Waals surface area contributed by atoms with Crippen LogP contribution in [-0.2, 0) is 20.9 Å². The number of halogens is 1. The Morgan fingerprint density at radius 3 is 2.46 bits per heavy atom. The maximum absolute atomic E-state index is 13.5.